The van der Waals surface area contributed by atoms with Gasteiger partial charge in [0.15, 0.2) is 0 Å². The Bertz CT molecular complexity index is 802. The van der Waals surface area contributed by atoms with Crippen molar-refractivity contribution in [2.75, 3.05) is 13.2 Å². The van der Waals surface area contributed by atoms with E-state index in [0.29, 0.717) is 13.2 Å². The molecule has 1 aliphatic carbocycles. The van der Waals surface area contributed by atoms with Gasteiger partial charge in [-0.1, -0.05) is 42.5 Å². The molecular weight excluding hydrogens is 300 g/mol. The van der Waals surface area contributed by atoms with Gasteiger partial charge in [-0.3, -0.25) is 4.90 Å². The van der Waals surface area contributed by atoms with Crippen molar-refractivity contribution in [3.8, 4) is 0 Å². The zero-order valence-electron chi connectivity index (χ0n) is 13.7. The van der Waals surface area contributed by atoms with Crippen molar-refractivity contribution in [1.29, 1.82) is 0 Å². The number of ether oxygens (including phenoxy) is 1. The molecule has 1 unspecified atom stereocenters. The number of urea groups is 1. The number of hydrogen-bond donors (Lipinski definition) is 1. The number of fused-ring (bicyclic) bond motifs is 2. The topological polar surface area (TPSA) is 41.6 Å². The Hall–Kier alpha value is -2.75. The molecule has 24 heavy (non-hydrogen) atoms. The van der Waals surface area contributed by atoms with E-state index in [1.807, 2.05) is 25.1 Å². The first kappa shape index (κ1) is 14.8. The van der Waals surface area contributed by atoms with Crippen LogP contribution in [-0.4, -0.2) is 24.1 Å². The molecule has 1 aromatic rings. The fourth-order valence-corrected chi connectivity index (χ4v) is 3.56. The average Bonchev–Trinajstić information content (AvgIpc) is 3.06. The van der Waals surface area contributed by atoms with Gasteiger partial charge in [0.25, 0.3) is 0 Å². The molecule has 0 radical (unpaired) electrons. The Morgan fingerprint density at radius 2 is 2.12 bits per heavy atom. The summed E-state index contributed by atoms with van der Waals surface area (Å²) in [5.74, 6) is 0.891. The van der Waals surface area contributed by atoms with Gasteiger partial charge in [-0.05, 0) is 36.6 Å². The van der Waals surface area contributed by atoms with Crippen LogP contribution in [0.1, 0.15) is 24.9 Å². The van der Waals surface area contributed by atoms with E-state index in [-0.39, 0.29) is 12.1 Å². The lowest BCUT2D eigenvalue weighted by Crippen LogP contribution is -2.48. The van der Waals surface area contributed by atoms with Crippen molar-refractivity contribution in [3.63, 3.8) is 0 Å². The second kappa shape index (κ2) is 5.71. The third kappa shape index (κ3) is 2.35. The fraction of sp³-hybridized carbons (Fsp3) is 0.250. The number of hydrogen-bond acceptors (Lipinski definition) is 2. The number of carbonyl (C=O) groups excluding carboxylic acids is 1. The predicted molar refractivity (Wildman–Crippen MR) is 93.0 cm³/mol. The van der Waals surface area contributed by atoms with Crippen molar-refractivity contribution in [1.82, 2.24) is 10.2 Å². The second-order valence-corrected chi connectivity index (χ2v) is 6.41. The molecule has 3 aliphatic rings. The lowest BCUT2D eigenvalue weighted by molar-refractivity contribution is 0.204. The molecule has 0 saturated heterocycles. The van der Waals surface area contributed by atoms with Gasteiger partial charge in [-0.2, -0.15) is 0 Å². The van der Waals surface area contributed by atoms with Gasteiger partial charge in [-0.15, -0.1) is 0 Å². The Morgan fingerprint density at radius 3 is 2.88 bits per heavy atom. The summed E-state index contributed by atoms with van der Waals surface area (Å²) in [4.78, 5) is 14.6. The van der Waals surface area contributed by atoms with E-state index in [1.54, 1.807) is 4.90 Å². The minimum atomic E-state index is -0.102. The van der Waals surface area contributed by atoms with Crippen LogP contribution in [0, 0.1) is 0 Å². The molecule has 2 aliphatic heterocycles. The van der Waals surface area contributed by atoms with E-state index < -0.39 is 0 Å². The molecule has 0 bridgehead atoms. The van der Waals surface area contributed by atoms with Crippen LogP contribution in [0.5, 0.6) is 0 Å². The molecule has 0 aromatic heterocycles. The van der Waals surface area contributed by atoms with Crippen LogP contribution in [0.15, 0.2) is 77.2 Å². The number of benzene rings is 1. The van der Waals surface area contributed by atoms with Gasteiger partial charge in [0.2, 0.25) is 0 Å². The molecule has 0 saturated carbocycles. The average molecular weight is 320 g/mol. The molecule has 1 aromatic carbocycles. The van der Waals surface area contributed by atoms with E-state index in [9.17, 15) is 4.79 Å². The summed E-state index contributed by atoms with van der Waals surface area (Å²) in [5.41, 5.74) is 5.29. The highest BCUT2D eigenvalue weighted by molar-refractivity contribution is 5.82. The lowest BCUT2D eigenvalue weighted by atomic mass is 9.86. The van der Waals surface area contributed by atoms with Crippen molar-refractivity contribution < 1.29 is 9.53 Å². The van der Waals surface area contributed by atoms with E-state index in [1.165, 1.54) is 5.57 Å². The summed E-state index contributed by atoms with van der Waals surface area (Å²) < 4.78 is 5.69. The van der Waals surface area contributed by atoms with Gasteiger partial charge in [0.1, 0.15) is 12.4 Å². The molecule has 122 valence electrons. The number of amides is 2. The van der Waals surface area contributed by atoms with Crippen LogP contribution in [0.3, 0.4) is 0 Å². The molecule has 0 fully saturated rings. The second-order valence-electron chi connectivity index (χ2n) is 6.41. The van der Waals surface area contributed by atoms with E-state index in [4.69, 9.17) is 4.74 Å². The molecule has 2 amide bonds. The molecule has 1 atom stereocenters. The smallest absolute Gasteiger partial charge is 0.322 e. The van der Waals surface area contributed by atoms with Crippen molar-refractivity contribution in [2.24, 2.45) is 0 Å². The van der Waals surface area contributed by atoms with Crippen molar-refractivity contribution in [3.05, 3.63) is 82.8 Å². The molecule has 4 rings (SSSR count). The highest BCUT2D eigenvalue weighted by atomic mass is 16.5. The van der Waals surface area contributed by atoms with Crippen molar-refractivity contribution >= 4 is 6.03 Å². The normalized spacial score (nSPS) is 22.1. The van der Waals surface area contributed by atoms with E-state index in [2.05, 4.69) is 36.2 Å². The highest BCUT2D eigenvalue weighted by Gasteiger charge is 2.38. The summed E-state index contributed by atoms with van der Waals surface area (Å²) >= 11 is 0. The predicted octanol–water partition coefficient (Wildman–Crippen LogP) is 3.83. The SMILES string of the molecule is C=C(C)CN1C(=O)NC(c2ccccc2)C2=C1C1=CCOC1=CC2. The van der Waals surface area contributed by atoms with Gasteiger partial charge in [0, 0.05) is 12.1 Å². The van der Waals surface area contributed by atoms with Crippen LogP contribution in [0.2, 0.25) is 0 Å². The van der Waals surface area contributed by atoms with Crippen LogP contribution in [0.4, 0.5) is 4.79 Å². The Kier molecular flexibility index (Phi) is 3.53. The Labute approximate surface area is 141 Å². The summed E-state index contributed by atoms with van der Waals surface area (Å²) in [6.45, 7) is 6.99. The third-order valence-electron chi connectivity index (χ3n) is 4.55. The van der Waals surface area contributed by atoms with E-state index in [0.717, 1.165) is 34.6 Å². The monoisotopic (exact) mass is 320 g/mol. The first-order chi connectivity index (χ1) is 11.6. The summed E-state index contributed by atoms with van der Waals surface area (Å²) in [6.07, 6.45) is 4.95. The van der Waals surface area contributed by atoms with Crippen molar-refractivity contribution in [2.45, 2.75) is 19.4 Å². The minimum Gasteiger partial charge on any atom is -0.489 e. The van der Waals surface area contributed by atoms with Gasteiger partial charge < -0.3 is 10.1 Å². The number of rotatable bonds is 3. The molecule has 4 heteroatoms. The Balaban J connectivity index is 1.84. The lowest BCUT2D eigenvalue weighted by Gasteiger charge is -2.39. The largest absolute Gasteiger partial charge is 0.489 e. The van der Waals surface area contributed by atoms with Crippen LogP contribution < -0.4 is 5.32 Å². The van der Waals surface area contributed by atoms with E-state index >= 15 is 0 Å². The molecular formula is C20H20N2O2. The molecule has 2 heterocycles. The summed E-state index contributed by atoms with van der Waals surface area (Å²) in [7, 11) is 0. The Morgan fingerprint density at radius 1 is 1.33 bits per heavy atom. The maximum absolute atomic E-state index is 12.8. The number of carbonyl (C=O) groups is 1. The zero-order chi connectivity index (χ0) is 16.7. The highest BCUT2D eigenvalue weighted by Crippen LogP contribution is 2.43. The maximum Gasteiger partial charge on any atom is 0.322 e. The quantitative estimate of drug-likeness (QED) is 0.860. The number of nitrogens with one attached hydrogen (secondary N) is 1. The summed E-state index contributed by atoms with van der Waals surface area (Å²) in [5, 5.41) is 3.16. The number of nitrogens with zero attached hydrogens (tertiary/aromatic N) is 1. The van der Waals surface area contributed by atoms with Gasteiger partial charge in [-0.25, -0.2) is 4.79 Å². The zero-order valence-corrected chi connectivity index (χ0v) is 13.7. The van der Waals surface area contributed by atoms with Crippen LogP contribution in [0.25, 0.3) is 0 Å². The molecule has 0 spiro atoms. The summed E-state index contributed by atoms with van der Waals surface area (Å²) in [6, 6.07) is 9.93. The van der Waals surface area contributed by atoms with Crippen LogP contribution >= 0.6 is 0 Å². The minimum absolute atomic E-state index is 0.0837. The van der Waals surface area contributed by atoms with Gasteiger partial charge >= 0.3 is 6.03 Å². The van der Waals surface area contributed by atoms with Crippen LogP contribution in [-0.2, 0) is 4.74 Å². The maximum atomic E-state index is 12.8. The molecule has 4 nitrogen and oxygen atoms in total. The fourth-order valence-electron chi connectivity index (χ4n) is 3.56. The van der Waals surface area contributed by atoms with Gasteiger partial charge in [0.05, 0.1) is 11.7 Å². The third-order valence-corrected chi connectivity index (χ3v) is 4.55. The standard InChI is InChI=1S/C20H20N2O2/c1-13(2)12-22-19-15-10-11-24-17(15)9-8-16(19)18(21-20(22)23)14-6-4-3-5-7-14/h3-7,9-10,18H,1,8,11-12H2,2H3,(H,21,23). The first-order valence-corrected chi connectivity index (χ1v) is 8.19. The number of allylic oxidation sites excluding steroid dienone is 1. The first-order valence-electron chi connectivity index (χ1n) is 8.19. The molecule has 1 N–H and O–H groups in total.